The predicted octanol–water partition coefficient (Wildman–Crippen LogP) is 4.80. The van der Waals surface area contributed by atoms with Crippen LogP contribution in [-0.2, 0) is 11.2 Å². The minimum atomic E-state index is -0.516. The van der Waals surface area contributed by atoms with Gasteiger partial charge in [0.05, 0.1) is 11.8 Å². The molecule has 0 radical (unpaired) electrons. The van der Waals surface area contributed by atoms with E-state index in [2.05, 4.69) is 27.6 Å². The van der Waals surface area contributed by atoms with Crippen molar-refractivity contribution in [2.75, 3.05) is 25.0 Å². The normalized spacial score (nSPS) is 19.9. The second-order valence-corrected chi connectivity index (χ2v) is 10.1. The van der Waals surface area contributed by atoms with E-state index in [1.165, 1.54) is 6.07 Å². The van der Waals surface area contributed by atoms with Crippen LogP contribution < -0.4 is 10.6 Å². The highest BCUT2D eigenvalue weighted by atomic mass is 19.1. The number of ether oxygens (including phenoxy) is 1. The number of aryl methyl sites for hydroxylation is 1. The van der Waals surface area contributed by atoms with Crippen LogP contribution >= 0.6 is 0 Å². The number of hydrogen-bond acceptors (Lipinski definition) is 5. The lowest BCUT2D eigenvalue weighted by Crippen LogP contribution is -2.38. The second-order valence-electron chi connectivity index (χ2n) is 10.1. The van der Waals surface area contributed by atoms with Crippen LogP contribution in [0.2, 0.25) is 0 Å². The first-order valence-electron chi connectivity index (χ1n) is 13.6. The van der Waals surface area contributed by atoms with E-state index in [0.717, 1.165) is 50.8 Å². The van der Waals surface area contributed by atoms with Gasteiger partial charge in [0, 0.05) is 48.7 Å². The fourth-order valence-electron chi connectivity index (χ4n) is 5.24. The quantitative estimate of drug-likeness (QED) is 0.484. The maximum atomic E-state index is 15.1. The van der Waals surface area contributed by atoms with Crippen LogP contribution in [0.15, 0.2) is 30.3 Å². The lowest BCUT2D eigenvalue weighted by Gasteiger charge is -2.27. The molecule has 3 aromatic rings. The molecule has 5 rings (SSSR count). The number of anilines is 1. The smallest absolute Gasteiger partial charge is 0.319 e. The number of rotatable bonds is 6. The highest BCUT2D eigenvalue weighted by molar-refractivity contribution is 5.93. The Morgan fingerprint density at radius 2 is 2.00 bits per heavy atom. The van der Waals surface area contributed by atoms with Gasteiger partial charge in [-0.2, -0.15) is 5.10 Å². The number of aromatic nitrogens is 3. The third-order valence-electron chi connectivity index (χ3n) is 7.41. The molecule has 0 spiro atoms. The Morgan fingerprint density at radius 1 is 1.13 bits per heavy atom. The SMILES string of the molecule is CCc1cc(C(=O)N2CCCCCC2C)nc2cc(-c3ccc(NC(=O)NCC4CCCO4)cc3F)nn12. The Labute approximate surface area is 221 Å². The van der Waals surface area contributed by atoms with Gasteiger partial charge in [-0.25, -0.2) is 18.7 Å². The highest BCUT2D eigenvalue weighted by Crippen LogP contribution is 2.27. The highest BCUT2D eigenvalue weighted by Gasteiger charge is 2.25. The first-order valence-corrected chi connectivity index (χ1v) is 13.6. The van der Waals surface area contributed by atoms with Crippen LogP contribution in [0.5, 0.6) is 0 Å². The monoisotopic (exact) mass is 522 g/mol. The molecule has 0 saturated carbocycles. The van der Waals surface area contributed by atoms with E-state index in [1.807, 2.05) is 11.8 Å². The second kappa shape index (κ2) is 11.5. The minimum Gasteiger partial charge on any atom is -0.376 e. The zero-order valence-electron chi connectivity index (χ0n) is 22.0. The van der Waals surface area contributed by atoms with Crippen molar-refractivity contribution in [1.82, 2.24) is 24.8 Å². The Kier molecular flexibility index (Phi) is 7.87. The first-order chi connectivity index (χ1) is 18.4. The largest absolute Gasteiger partial charge is 0.376 e. The zero-order chi connectivity index (χ0) is 26.6. The van der Waals surface area contributed by atoms with Crippen molar-refractivity contribution in [2.24, 2.45) is 0 Å². The fourth-order valence-corrected chi connectivity index (χ4v) is 5.24. The van der Waals surface area contributed by atoms with Gasteiger partial charge < -0.3 is 20.3 Å². The van der Waals surface area contributed by atoms with E-state index in [4.69, 9.17) is 4.74 Å². The van der Waals surface area contributed by atoms with E-state index in [9.17, 15) is 9.59 Å². The van der Waals surface area contributed by atoms with Crippen molar-refractivity contribution in [3.63, 3.8) is 0 Å². The van der Waals surface area contributed by atoms with E-state index in [1.54, 1.807) is 28.8 Å². The van der Waals surface area contributed by atoms with Gasteiger partial charge in [-0.1, -0.05) is 19.8 Å². The van der Waals surface area contributed by atoms with E-state index < -0.39 is 11.8 Å². The number of halogens is 1. The molecule has 0 aliphatic carbocycles. The standard InChI is InChI=1S/C28H35FN6O3/c1-3-20-15-25(27(36)34-12-6-4-5-8-18(34)2)32-26-16-24(33-35(20)26)22-11-10-19(14-23(22)29)31-28(37)30-17-21-9-7-13-38-21/h10-11,14-16,18,21H,3-9,12-13,17H2,1-2H3,(H2,30,31,37). The number of urea groups is 1. The van der Waals surface area contributed by atoms with E-state index >= 15 is 4.39 Å². The van der Waals surface area contributed by atoms with Gasteiger partial charge in [0.2, 0.25) is 0 Å². The average Bonchev–Trinajstić information content (AvgIpc) is 3.53. The van der Waals surface area contributed by atoms with Crippen LogP contribution in [0.1, 0.15) is 68.6 Å². The van der Waals surface area contributed by atoms with Crippen LogP contribution in [0, 0.1) is 5.82 Å². The summed E-state index contributed by atoms with van der Waals surface area (Å²) >= 11 is 0. The molecular weight excluding hydrogens is 487 g/mol. The number of hydrogen-bond donors (Lipinski definition) is 2. The summed E-state index contributed by atoms with van der Waals surface area (Å²) in [6, 6.07) is 7.75. The van der Waals surface area contributed by atoms with Gasteiger partial charge in [-0.15, -0.1) is 0 Å². The summed E-state index contributed by atoms with van der Waals surface area (Å²) in [5.41, 5.74) is 2.76. The molecule has 0 bridgehead atoms. The lowest BCUT2D eigenvalue weighted by molar-refractivity contribution is 0.0691. The number of nitrogens with one attached hydrogen (secondary N) is 2. The van der Waals surface area contributed by atoms with Crippen molar-refractivity contribution in [2.45, 2.75) is 70.9 Å². The lowest BCUT2D eigenvalue weighted by atomic mass is 10.1. The number of nitrogens with zero attached hydrogens (tertiary/aromatic N) is 4. The molecule has 2 aliphatic heterocycles. The molecule has 202 valence electrons. The molecule has 2 aromatic heterocycles. The summed E-state index contributed by atoms with van der Waals surface area (Å²) in [5, 5.41) is 10.0. The average molecular weight is 523 g/mol. The Balaban J connectivity index is 1.35. The summed E-state index contributed by atoms with van der Waals surface area (Å²) in [6.07, 6.45) is 6.83. The molecule has 2 atom stereocenters. The maximum absolute atomic E-state index is 15.1. The summed E-state index contributed by atoms with van der Waals surface area (Å²) < 4.78 is 22.3. The third kappa shape index (κ3) is 5.65. The molecular formula is C28H35FN6O3. The van der Waals surface area contributed by atoms with Gasteiger partial charge in [-0.05, 0) is 63.3 Å². The van der Waals surface area contributed by atoms with Gasteiger partial charge in [0.1, 0.15) is 11.5 Å². The number of carbonyl (C=O) groups is 2. The van der Waals surface area contributed by atoms with E-state index in [-0.39, 0.29) is 23.6 Å². The number of benzene rings is 1. The van der Waals surface area contributed by atoms with Crippen LogP contribution in [0.3, 0.4) is 0 Å². The first kappa shape index (κ1) is 26.1. The summed E-state index contributed by atoms with van der Waals surface area (Å²) in [4.78, 5) is 32.1. The Bertz CT molecular complexity index is 1320. The molecule has 2 unspecified atom stereocenters. The van der Waals surface area contributed by atoms with Crippen molar-refractivity contribution >= 4 is 23.3 Å². The Hall–Kier alpha value is -3.53. The molecule has 10 heteroatoms. The molecule has 2 N–H and O–H groups in total. The minimum absolute atomic E-state index is 0.0279. The van der Waals surface area contributed by atoms with Crippen LogP contribution in [0.25, 0.3) is 16.9 Å². The van der Waals surface area contributed by atoms with Gasteiger partial charge >= 0.3 is 6.03 Å². The van der Waals surface area contributed by atoms with Gasteiger partial charge in [0.25, 0.3) is 5.91 Å². The number of carbonyl (C=O) groups excluding carboxylic acids is 2. The number of likely N-dealkylation sites (tertiary alicyclic amines) is 1. The zero-order valence-corrected chi connectivity index (χ0v) is 22.0. The molecule has 2 fully saturated rings. The topological polar surface area (TPSA) is 101 Å². The molecule has 3 amide bonds. The van der Waals surface area contributed by atoms with Crippen molar-refractivity contribution < 1.29 is 18.7 Å². The summed E-state index contributed by atoms with van der Waals surface area (Å²) in [6.45, 7) is 5.95. The third-order valence-corrected chi connectivity index (χ3v) is 7.41. The number of fused-ring (bicyclic) bond motifs is 1. The number of amides is 3. The molecule has 1 aromatic carbocycles. The molecule has 9 nitrogen and oxygen atoms in total. The van der Waals surface area contributed by atoms with Gasteiger partial charge in [0.15, 0.2) is 5.65 Å². The fraction of sp³-hybridized carbons (Fsp3) is 0.500. The van der Waals surface area contributed by atoms with Crippen molar-refractivity contribution in [3.05, 3.63) is 47.5 Å². The van der Waals surface area contributed by atoms with Gasteiger partial charge in [-0.3, -0.25) is 4.79 Å². The Morgan fingerprint density at radius 3 is 2.76 bits per heavy atom. The molecule has 2 saturated heterocycles. The molecule has 2 aliphatic rings. The van der Waals surface area contributed by atoms with Crippen molar-refractivity contribution in [3.8, 4) is 11.3 Å². The van der Waals surface area contributed by atoms with E-state index in [0.29, 0.717) is 42.3 Å². The van der Waals surface area contributed by atoms with Crippen LogP contribution in [0.4, 0.5) is 14.9 Å². The molecule has 38 heavy (non-hydrogen) atoms. The predicted molar refractivity (Wildman–Crippen MR) is 143 cm³/mol. The van der Waals surface area contributed by atoms with Crippen LogP contribution in [-0.4, -0.2) is 63.3 Å². The summed E-state index contributed by atoms with van der Waals surface area (Å²) in [7, 11) is 0. The summed E-state index contributed by atoms with van der Waals surface area (Å²) in [5.74, 6) is -0.586. The maximum Gasteiger partial charge on any atom is 0.319 e. The van der Waals surface area contributed by atoms with Crippen molar-refractivity contribution in [1.29, 1.82) is 0 Å². The molecule has 4 heterocycles.